The fourth-order valence-corrected chi connectivity index (χ4v) is 3.32. The topological polar surface area (TPSA) is 86.7 Å². The number of fused-ring (bicyclic) bond motifs is 1. The quantitative estimate of drug-likeness (QED) is 0.893. The van der Waals surface area contributed by atoms with Gasteiger partial charge in [-0.05, 0) is 51.3 Å². The summed E-state index contributed by atoms with van der Waals surface area (Å²) in [6.45, 7) is 7.17. The second kappa shape index (κ2) is 5.55. The standard InChI is InChI=1S/C15H22N2O4S/c1-10(16-22(20,21)15(2,3)4)11-5-6-13-12(9-11)7-8-17(13)14(18)19/h5-6,9-10,16H,7-8H2,1-4H3,(H,18,19)/t10-/m0/s1. The molecular weight excluding hydrogens is 304 g/mol. The first kappa shape index (κ1) is 16.8. The molecule has 6 nitrogen and oxygen atoms in total. The van der Waals surface area contributed by atoms with Crippen LogP contribution in [-0.2, 0) is 16.4 Å². The van der Waals surface area contributed by atoms with Crippen molar-refractivity contribution in [3.05, 3.63) is 29.3 Å². The molecule has 2 N–H and O–H groups in total. The largest absolute Gasteiger partial charge is 0.465 e. The molecular formula is C15H22N2O4S. The molecule has 0 fully saturated rings. The lowest BCUT2D eigenvalue weighted by atomic mass is 10.0. The molecule has 122 valence electrons. The minimum Gasteiger partial charge on any atom is -0.465 e. The molecule has 1 atom stereocenters. The molecule has 0 unspecified atom stereocenters. The maximum absolute atomic E-state index is 12.2. The van der Waals surface area contributed by atoms with Crippen molar-refractivity contribution in [2.45, 2.75) is 44.9 Å². The zero-order valence-corrected chi connectivity index (χ0v) is 14.1. The molecule has 1 amide bonds. The molecule has 0 radical (unpaired) electrons. The van der Waals surface area contributed by atoms with E-state index in [4.69, 9.17) is 5.11 Å². The van der Waals surface area contributed by atoms with Crippen LogP contribution in [0.3, 0.4) is 0 Å². The van der Waals surface area contributed by atoms with Gasteiger partial charge in [0.25, 0.3) is 0 Å². The Kier molecular flexibility index (Phi) is 4.23. The monoisotopic (exact) mass is 326 g/mol. The summed E-state index contributed by atoms with van der Waals surface area (Å²) in [6.07, 6.45) is -0.318. The number of sulfonamides is 1. The van der Waals surface area contributed by atoms with Gasteiger partial charge in [-0.1, -0.05) is 12.1 Å². The van der Waals surface area contributed by atoms with Crippen molar-refractivity contribution in [3.8, 4) is 0 Å². The van der Waals surface area contributed by atoms with E-state index in [0.717, 1.165) is 11.1 Å². The van der Waals surface area contributed by atoms with Crippen LogP contribution in [0.25, 0.3) is 0 Å². The highest BCUT2D eigenvalue weighted by molar-refractivity contribution is 7.90. The highest BCUT2D eigenvalue weighted by atomic mass is 32.2. The number of nitrogens with one attached hydrogen (secondary N) is 1. The third-order valence-electron chi connectivity index (χ3n) is 3.87. The summed E-state index contributed by atoms with van der Waals surface area (Å²) < 4.78 is 26.2. The minimum absolute atomic E-state index is 0.367. The van der Waals surface area contributed by atoms with Crippen LogP contribution in [0.1, 0.15) is 44.9 Å². The number of nitrogens with zero attached hydrogens (tertiary/aromatic N) is 1. The maximum Gasteiger partial charge on any atom is 0.411 e. The first-order chi connectivity index (χ1) is 10.0. The van der Waals surface area contributed by atoms with Crippen molar-refractivity contribution >= 4 is 21.8 Å². The van der Waals surface area contributed by atoms with Crippen molar-refractivity contribution in [1.29, 1.82) is 0 Å². The molecule has 0 bridgehead atoms. The summed E-state index contributed by atoms with van der Waals surface area (Å²) in [5.74, 6) is 0. The van der Waals surface area contributed by atoms with E-state index in [1.165, 1.54) is 4.90 Å². The maximum atomic E-state index is 12.2. The summed E-state index contributed by atoms with van der Waals surface area (Å²) >= 11 is 0. The molecule has 0 aromatic heterocycles. The number of amides is 1. The zero-order chi connectivity index (χ0) is 16.7. The SMILES string of the molecule is C[C@H](NS(=O)(=O)C(C)(C)C)c1ccc2c(c1)CCN2C(=O)O. The second-order valence-corrected chi connectivity index (χ2v) is 9.00. The third-order valence-corrected chi connectivity index (χ3v) is 6.14. The molecule has 1 aliphatic rings. The predicted octanol–water partition coefficient (Wildman–Crippen LogP) is 2.51. The van der Waals surface area contributed by atoms with E-state index in [1.54, 1.807) is 39.8 Å². The lowest BCUT2D eigenvalue weighted by Gasteiger charge is -2.24. The fourth-order valence-electron chi connectivity index (χ4n) is 2.37. The Hall–Kier alpha value is -1.60. The van der Waals surface area contributed by atoms with E-state index in [2.05, 4.69) is 4.72 Å². The Labute approximate surface area is 131 Å². The number of hydrogen-bond acceptors (Lipinski definition) is 3. The second-order valence-electron chi connectivity index (χ2n) is 6.53. The van der Waals surface area contributed by atoms with Gasteiger partial charge in [0.1, 0.15) is 0 Å². The lowest BCUT2D eigenvalue weighted by Crippen LogP contribution is -2.40. The highest BCUT2D eigenvalue weighted by Gasteiger charge is 2.31. The van der Waals surface area contributed by atoms with Gasteiger partial charge < -0.3 is 5.11 Å². The van der Waals surface area contributed by atoms with Crippen molar-refractivity contribution in [3.63, 3.8) is 0 Å². The van der Waals surface area contributed by atoms with Gasteiger partial charge in [0.15, 0.2) is 0 Å². The van der Waals surface area contributed by atoms with Gasteiger partial charge in [0.05, 0.1) is 10.4 Å². The Morgan fingerprint density at radius 3 is 2.55 bits per heavy atom. The van der Waals surface area contributed by atoms with Gasteiger partial charge in [-0.2, -0.15) is 0 Å². The molecule has 1 aliphatic heterocycles. The number of carboxylic acid groups (broad SMARTS) is 1. The van der Waals surface area contributed by atoms with Crippen LogP contribution in [0.15, 0.2) is 18.2 Å². The van der Waals surface area contributed by atoms with Crippen LogP contribution in [0, 0.1) is 0 Å². The van der Waals surface area contributed by atoms with E-state index in [1.807, 2.05) is 6.07 Å². The van der Waals surface area contributed by atoms with Crippen LogP contribution in [0.2, 0.25) is 0 Å². The van der Waals surface area contributed by atoms with Gasteiger partial charge in [0.2, 0.25) is 10.0 Å². The van der Waals surface area contributed by atoms with Crippen molar-refractivity contribution in [2.24, 2.45) is 0 Å². The third kappa shape index (κ3) is 3.10. The summed E-state index contributed by atoms with van der Waals surface area (Å²) in [5.41, 5.74) is 2.45. The summed E-state index contributed by atoms with van der Waals surface area (Å²) in [6, 6.07) is 5.03. The molecule has 1 aromatic rings. The Balaban J connectivity index is 2.23. The van der Waals surface area contributed by atoms with Crippen LogP contribution in [0.5, 0.6) is 0 Å². The van der Waals surface area contributed by atoms with E-state index in [-0.39, 0.29) is 6.04 Å². The first-order valence-corrected chi connectivity index (χ1v) is 8.66. The number of hydrogen-bond donors (Lipinski definition) is 2. The fraction of sp³-hybridized carbons (Fsp3) is 0.533. The first-order valence-electron chi connectivity index (χ1n) is 7.18. The molecule has 0 aliphatic carbocycles. The highest BCUT2D eigenvalue weighted by Crippen LogP contribution is 2.31. The summed E-state index contributed by atoms with van der Waals surface area (Å²) in [7, 11) is -3.44. The van der Waals surface area contributed by atoms with Crippen LogP contribution < -0.4 is 9.62 Å². The van der Waals surface area contributed by atoms with E-state index in [9.17, 15) is 13.2 Å². The Bertz CT molecular complexity index is 692. The number of rotatable bonds is 3. The molecule has 22 heavy (non-hydrogen) atoms. The molecule has 2 rings (SSSR count). The molecule has 1 heterocycles. The average Bonchev–Trinajstić information content (AvgIpc) is 2.79. The average molecular weight is 326 g/mol. The van der Waals surface area contributed by atoms with Gasteiger partial charge in [-0.3, -0.25) is 4.90 Å². The molecule has 1 aromatic carbocycles. The van der Waals surface area contributed by atoms with E-state index in [0.29, 0.717) is 18.7 Å². The number of anilines is 1. The van der Waals surface area contributed by atoms with Crippen LogP contribution in [-0.4, -0.2) is 30.9 Å². The Morgan fingerprint density at radius 2 is 2.00 bits per heavy atom. The van der Waals surface area contributed by atoms with Gasteiger partial charge in [0, 0.05) is 12.6 Å². The minimum atomic E-state index is -3.44. The smallest absolute Gasteiger partial charge is 0.411 e. The van der Waals surface area contributed by atoms with Gasteiger partial charge >= 0.3 is 6.09 Å². The number of benzene rings is 1. The van der Waals surface area contributed by atoms with Crippen molar-refractivity contribution in [1.82, 2.24) is 4.72 Å². The normalized spacial score (nSPS) is 16.5. The van der Waals surface area contributed by atoms with Crippen LogP contribution >= 0.6 is 0 Å². The lowest BCUT2D eigenvalue weighted by molar-refractivity contribution is 0.202. The molecule has 0 saturated carbocycles. The molecule has 0 spiro atoms. The van der Waals surface area contributed by atoms with Crippen molar-refractivity contribution < 1.29 is 18.3 Å². The van der Waals surface area contributed by atoms with Crippen LogP contribution in [0.4, 0.5) is 10.5 Å². The van der Waals surface area contributed by atoms with Crippen molar-refractivity contribution in [2.75, 3.05) is 11.4 Å². The summed E-state index contributed by atoms with van der Waals surface area (Å²) in [4.78, 5) is 12.4. The van der Waals surface area contributed by atoms with Gasteiger partial charge in [-0.25, -0.2) is 17.9 Å². The Morgan fingerprint density at radius 1 is 1.36 bits per heavy atom. The van der Waals surface area contributed by atoms with E-state index < -0.39 is 20.9 Å². The number of carbonyl (C=O) groups is 1. The summed E-state index contributed by atoms with van der Waals surface area (Å²) in [5, 5.41) is 9.12. The molecule has 7 heteroatoms. The zero-order valence-electron chi connectivity index (χ0n) is 13.3. The van der Waals surface area contributed by atoms with E-state index >= 15 is 0 Å². The predicted molar refractivity (Wildman–Crippen MR) is 85.7 cm³/mol. The van der Waals surface area contributed by atoms with Gasteiger partial charge in [-0.15, -0.1) is 0 Å². The molecule has 0 saturated heterocycles.